The number of hydrogen-bond acceptors (Lipinski definition) is 7. The van der Waals surface area contributed by atoms with Crippen LogP contribution in [-0.4, -0.2) is 65.7 Å². The van der Waals surface area contributed by atoms with Crippen molar-refractivity contribution >= 4 is 27.6 Å². The topological polar surface area (TPSA) is 147 Å². The van der Waals surface area contributed by atoms with Gasteiger partial charge in [-0.15, -0.1) is 0 Å². The Morgan fingerprint density at radius 1 is 0.914 bits per heavy atom. The van der Waals surface area contributed by atoms with Crippen molar-refractivity contribution < 1.29 is 37.2 Å². The quantitative estimate of drug-likeness (QED) is 0.207. The van der Waals surface area contributed by atoms with E-state index in [0.717, 1.165) is 0 Å². The van der Waals surface area contributed by atoms with Crippen LogP contribution in [0, 0.1) is 16.7 Å². The normalized spacial score (nSPS) is 14.5. The molecular weight excluding hydrogens is 474 g/mol. The van der Waals surface area contributed by atoms with Gasteiger partial charge in [0.25, 0.3) is 10.1 Å². The van der Waals surface area contributed by atoms with Gasteiger partial charge in [-0.3, -0.25) is 18.9 Å². The largest absolute Gasteiger partial charge is 0.389 e. The van der Waals surface area contributed by atoms with Crippen molar-refractivity contribution in [3.05, 3.63) is 0 Å². The molecule has 0 fully saturated rings. The summed E-state index contributed by atoms with van der Waals surface area (Å²) in [6.07, 6.45) is 2.30. The predicted molar refractivity (Wildman–Crippen MR) is 136 cm³/mol. The average Bonchev–Trinajstić information content (AvgIpc) is 2.65. The van der Waals surface area contributed by atoms with Crippen LogP contribution in [0.1, 0.15) is 94.4 Å². The minimum absolute atomic E-state index is 0.0541. The van der Waals surface area contributed by atoms with Crippen LogP contribution in [0.3, 0.4) is 0 Å². The number of ketones is 2. The van der Waals surface area contributed by atoms with E-state index < -0.39 is 44.4 Å². The zero-order valence-electron chi connectivity index (χ0n) is 23.0. The van der Waals surface area contributed by atoms with Crippen LogP contribution in [0.2, 0.25) is 0 Å². The fourth-order valence-electron chi connectivity index (χ4n) is 3.79. The van der Waals surface area contributed by atoms with Crippen molar-refractivity contribution in [3.63, 3.8) is 0 Å². The Kier molecular flexibility index (Phi) is 12.2. The monoisotopic (exact) mass is 521 g/mol. The van der Waals surface area contributed by atoms with Gasteiger partial charge in [-0.1, -0.05) is 41.0 Å². The fraction of sp³-hybridized carbons (Fsp3) is 0.880. The summed E-state index contributed by atoms with van der Waals surface area (Å²) in [6.45, 7) is 15.5. The van der Waals surface area contributed by atoms with Crippen LogP contribution in [0.25, 0.3) is 0 Å². The maximum absolute atomic E-state index is 13.0. The van der Waals surface area contributed by atoms with E-state index in [-0.39, 0.29) is 29.8 Å². The van der Waals surface area contributed by atoms with Crippen molar-refractivity contribution in [3.8, 4) is 0 Å². The number of ether oxygens (including phenoxy) is 1. The van der Waals surface area contributed by atoms with Gasteiger partial charge in [-0.2, -0.15) is 8.42 Å². The molecule has 0 rings (SSSR count). The van der Waals surface area contributed by atoms with Crippen LogP contribution in [0.5, 0.6) is 0 Å². The molecule has 0 spiro atoms. The standard InChI is InChI=1S/C25H47NO8S/c1-22(2,3)21(30)18(13-14-20(29)26-23(4,5)17-35(31,32)33)12-10-11-15-34-25(8,9)24(6,7)19(28)16-27/h18,27H,10-17H2,1-9H3,(H,26,29)(H,31,32,33). The third-order valence-corrected chi connectivity index (χ3v) is 7.69. The Morgan fingerprint density at radius 2 is 1.46 bits per heavy atom. The van der Waals surface area contributed by atoms with E-state index in [1.165, 1.54) is 13.8 Å². The summed E-state index contributed by atoms with van der Waals surface area (Å²) in [5, 5.41) is 11.8. The summed E-state index contributed by atoms with van der Waals surface area (Å²) < 4.78 is 37.3. The smallest absolute Gasteiger partial charge is 0.267 e. The molecule has 1 unspecified atom stereocenters. The van der Waals surface area contributed by atoms with Gasteiger partial charge >= 0.3 is 0 Å². The number of rotatable bonds is 16. The van der Waals surface area contributed by atoms with E-state index in [4.69, 9.17) is 9.29 Å². The molecule has 0 aromatic heterocycles. The van der Waals surface area contributed by atoms with E-state index in [1.54, 1.807) is 13.8 Å². The average molecular weight is 522 g/mol. The molecule has 10 heteroatoms. The number of aliphatic hydroxyl groups is 1. The summed E-state index contributed by atoms with van der Waals surface area (Å²) in [7, 11) is -4.25. The molecule has 35 heavy (non-hydrogen) atoms. The molecular formula is C25H47NO8S. The van der Waals surface area contributed by atoms with E-state index in [1.807, 2.05) is 34.6 Å². The van der Waals surface area contributed by atoms with Gasteiger partial charge in [-0.05, 0) is 47.0 Å². The first-order valence-electron chi connectivity index (χ1n) is 12.1. The molecule has 0 saturated carbocycles. The molecule has 9 nitrogen and oxygen atoms in total. The van der Waals surface area contributed by atoms with Crippen molar-refractivity contribution in [1.29, 1.82) is 0 Å². The van der Waals surface area contributed by atoms with Crippen molar-refractivity contribution in [2.24, 2.45) is 16.7 Å². The first-order chi connectivity index (χ1) is 15.6. The summed E-state index contributed by atoms with van der Waals surface area (Å²) in [5.41, 5.74) is -3.34. The molecule has 0 aromatic rings. The molecule has 1 amide bonds. The number of hydrogen-bond donors (Lipinski definition) is 3. The molecule has 0 aliphatic rings. The zero-order chi connectivity index (χ0) is 27.9. The molecule has 0 heterocycles. The number of amides is 1. The van der Waals surface area contributed by atoms with Crippen LogP contribution in [0.4, 0.5) is 0 Å². The lowest BCUT2D eigenvalue weighted by atomic mass is 9.74. The lowest BCUT2D eigenvalue weighted by molar-refractivity contribution is -0.151. The van der Waals surface area contributed by atoms with Crippen LogP contribution >= 0.6 is 0 Å². The van der Waals surface area contributed by atoms with E-state index >= 15 is 0 Å². The first-order valence-corrected chi connectivity index (χ1v) is 13.8. The predicted octanol–water partition coefficient (Wildman–Crippen LogP) is 3.33. The Balaban J connectivity index is 4.96. The molecule has 0 aliphatic carbocycles. The second-order valence-corrected chi connectivity index (χ2v) is 13.5. The minimum Gasteiger partial charge on any atom is -0.389 e. The molecule has 0 saturated heterocycles. The molecule has 3 N–H and O–H groups in total. The van der Waals surface area contributed by atoms with Crippen LogP contribution in [-0.2, 0) is 29.2 Å². The van der Waals surface area contributed by atoms with Gasteiger partial charge in [0.1, 0.15) is 12.4 Å². The number of unbranched alkanes of at least 4 members (excludes halogenated alkanes) is 1. The Labute approximate surface area is 211 Å². The van der Waals surface area contributed by atoms with Crippen LogP contribution < -0.4 is 5.32 Å². The summed E-state index contributed by atoms with van der Waals surface area (Å²) >= 11 is 0. The van der Waals surface area contributed by atoms with Crippen molar-refractivity contribution in [2.45, 2.75) is 106 Å². The van der Waals surface area contributed by atoms with E-state index in [0.29, 0.717) is 32.3 Å². The van der Waals surface area contributed by atoms with Crippen LogP contribution in [0.15, 0.2) is 0 Å². The summed E-state index contributed by atoms with van der Waals surface area (Å²) in [6, 6.07) is 0. The van der Waals surface area contributed by atoms with Gasteiger partial charge < -0.3 is 15.2 Å². The maximum atomic E-state index is 13.0. The zero-order valence-corrected chi connectivity index (χ0v) is 23.8. The number of carbonyl (C=O) groups is 3. The Morgan fingerprint density at radius 3 is 1.91 bits per heavy atom. The third kappa shape index (κ3) is 11.9. The molecule has 206 valence electrons. The highest BCUT2D eigenvalue weighted by atomic mass is 32.2. The second-order valence-electron chi connectivity index (χ2n) is 12.1. The maximum Gasteiger partial charge on any atom is 0.267 e. The Hall–Kier alpha value is -1.36. The van der Waals surface area contributed by atoms with Gasteiger partial charge in [0.2, 0.25) is 5.91 Å². The minimum atomic E-state index is -4.25. The number of carbonyl (C=O) groups excluding carboxylic acids is 3. The highest BCUT2D eigenvalue weighted by molar-refractivity contribution is 7.85. The van der Waals surface area contributed by atoms with E-state index in [2.05, 4.69) is 5.32 Å². The highest BCUT2D eigenvalue weighted by Gasteiger charge is 2.43. The Bertz CT molecular complexity index is 838. The molecule has 0 bridgehead atoms. The fourth-order valence-corrected chi connectivity index (χ4v) is 4.77. The van der Waals surface area contributed by atoms with Gasteiger partial charge in [0.15, 0.2) is 5.78 Å². The van der Waals surface area contributed by atoms with Crippen molar-refractivity contribution in [1.82, 2.24) is 5.32 Å². The third-order valence-electron chi connectivity index (χ3n) is 6.61. The van der Waals surface area contributed by atoms with Crippen molar-refractivity contribution in [2.75, 3.05) is 19.0 Å². The number of aliphatic hydroxyl groups excluding tert-OH is 1. The number of Topliss-reactive ketones (excluding diaryl/α,β-unsaturated/α-hetero) is 2. The van der Waals surface area contributed by atoms with Gasteiger partial charge in [0, 0.05) is 24.4 Å². The highest BCUT2D eigenvalue weighted by Crippen LogP contribution is 2.35. The molecule has 0 aliphatic heterocycles. The summed E-state index contributed by atoms with van der Waals surface area (Å²) in [4.78, 5) is 37.5. The molecule has 1 atom stereocenters. The lowest BCUT2D eigenvalue weighted by Crippen LogP contribution is -2.48. The molecule has 0 aromatic carbocycles. The van der Waals surface area contributed by atoms with Gasteiger partial charge in [-0.25, -0.2) is 0 Å². The first kappa shape index (κ1) is 33.6. The van der Waals surface area contributed by atoms with E-state index in [9.17, 15) is 27.9 Å². The van der Waals surface area contributed by atoms with Gasteiger partial charge in [0.05, 0.1) is 22.3 Å². The second kappa shape index (κ2) is 12.7. The lowest BCUT2D eigenvalue weighted by Gasteiger charge is -2.39. The number of nitrogens with one attached hydrogen (secondary N) is 1. The molecule has 0 radical (unpaired) electrons. The summed E-state index contributed by atoms with van der Waals surface area (Å²) in [5.74, 6) is -1.57. The SMILES string of the molecule is CC(C)(CS(=O)(=O)O)NC(=O)CCC(CCCCOC(C)(C)C(C)(C)C(=O)CO)C(=O)C(C)(C)C.